The van der Waals surface area contributed by atoms with Gasteiger partial charge in [0.1, 0.15) is 6.04 Å². The third-order valence-corrected chi connectivity index (χ3v) is 5.34. The number of thioether (sulfide) groups is 1. The van der Waals surface area contributed by atoms with Crippen molar-refractivity contribution in [1.29, 1.82) is 0 Å². The van der Waals surface area contributed by atoms with Gasteiger partial charge in [-0.2, -0.15) is 0 Å². The highest BCUT2D eigenvalue weighted by Gasteiger charge is 2.47. The third kappa shape index (κ3) is 3.65. The van der Waals surface area contributed by atoms with Crippen LogP contribution in [0, 0.1) is 5.92 Å². The maximum Gasteiger partial charge on any atom is 0.327 e. The molecule has 1 amide bonds. The number of carboxylic acids is 1. The molecular weight excluding hydrogens is 262 g/mol. The van der Waals surface area contributed by atoms with Crippen molar-refractivity contribution < 1.29 is 14.7 Å². The van der Waals surface area contributed by atoms with Crippen molar-refractivity contribution in [3.05, 3.63) is 0 Å². The molecule has 5 heteroatoms. The van der Waals surface area contributed by atoms with E-state index in [2.05, 4.69) is 6.92 Å². The average Bonchev–Trinajstić information content (AvgIpc) is 3.12. The second-order valence-electron chi connectivity index (χ2n) is 5.53. The first-order chi connectivity index (χ1) is 9.15. The molecule has 0 aromatic carbocycles. The second-order valence-corrected chi connectivity index (χ2v) is 6.68. The van der Waals surface area contributed by atoms with E-state index >= 15 is 0 Å². The molecule has 2 aliphatic rings. The van der Waals surface area contributed by atoms with Gasteiger partial charge in [0.2, 0.25) is 5.91 Å². The van der Waals surface area contributed by atoms with Gasteiger partial charge in [-0.25, -0.2) is 4.79 Å². The highest BCUT2D eigenvalue weighted by Crippen LogP contribution is 2.45. The molecule has 108 valence electrons. The quantitative estimate of drug-likeness (QED) is 0.731. The Bertz CT molecular complexity index is 344. The summed E-state index contributed by atoms with van der Waals surface area (Å²) in [5, 5.41) is 9.38. The molecule has 1 heterocycles. The van der Waals surface area contributed by atoms with Crippen LogP contribution in [0.4, 0.5) is 0 Å². The zero-order valence-electron chi connectivity index (χ0n) is 11.5. The molecule has 1 saturated carbocycles. The van der Waals surface area contributed by atoms with Crippen LogP contribution >= 0.6 is 11.8 Å². The van der Waals surface area contributed by atoms with Gasteiger partial charge < -0.3 is 10.0 Å². The van der Waals surface area contributed by atoms with Crippen LogP contribution in [0.15, 0.2) is 0 Å². The van der Waals surface area contributed by atoms with E-state index in [1.165, 1.54) is 0 Å². The number of carbonyl (C=O) groups is 2. The van der Waals surface area contributed by atoms with Gasteiger partial charge in [0.05, 0.1) is 5.37 Å². The van der Waals surface area contributed by atoms with Gasteiger partial charge >= 0.3 is 5.97 Å². The van der Waals surface area contributed by atoms with Crippen molar-refractivity contribution in [2.75, 3.05) is 5.75 Å². The summed E-state index contributed by atoms with van der Waals surface area (Å²) in [6.07, 6.45) is 7.04. The number of unbranched alkanes of at least 4 members (excludes halogenated alkanes) is 3. The Balaban J connectivity index is 1.91. The first-order valence-electron chi connectivity index (χ1n) is 7.30. The second kappa shape index (κ2) is 6.64. The number of nitrogens with zero attached hydrogens (tertiary/aromatic N) is 1. The van der Waals surface area contributed by atoms with Crippen LogP contribution in [0.3, 0.4) is 0 Å². The van der Waals surface area contributed by atoms with Crippen LogP contribution in [0.5, 0.6) is 0 Å². The van der Waals surface area contributed by atoms with E-state index in [4.69, 9.17) is 0 Å². The molecule has 2 fully saturated rings. The molecule has 0 radical (unpaired) electrons. The highest BCUT2D eigenvalue weighted by molar-refractivity contribution is 8.00. The standard InChI is InChI=1S/C14H23NO3S/c1-2-3-4-5-6-12(16)15-11(14(17)18)9-19-13(15)10-7-8-10/h10-11,13H,2-9H2,1H3,(H,17,18). The summed E-state index contributed by atoms with van der Waals surface area (Å²) in [6, 6.07) is -0.603. The summed E-state index contributed by atoms with van der Waals surface area (Å²) < 4.78 is 0. The van der Waals surface area contributed by atoms with E-state index < -0.39 is 12.0 Å². The lowest BCUT2D eigenvalue weighted by Crippen LogP contribution is -2.46. The normalized spacial score (nSPS) is 26.7. The topological polar surface area (TPSA) is 57.6 Å². The molecule has 1 aliphatic carbocycles. The summed E-state index contributed by atoms with van der Waals surface area (Å²) in [7, 11) is 0. The zero-order chi connectivity index (χ0) is 13.8. The molecule has 2 atom stereocenters. The van der Waals surface area contributed by atoms with Gasteiger partial charge in [0.15, 0.2) is 0 Å². The Hall–Kier alpha value is -0.710. The Morgan fingerprint density at radius 2 is 2.00 bits per heavy atom. The Morgan fingerprint density at radius 3 is 2.58 bits per heavy atom. The molecule has 2 rings (SSSR count). The van der Waals surface area contributed by atoms with Gasteiger partial charge in [-0.1, -0.05) is 26.2 Å². The zero-order valence-corrected chi connectivity index (χ0v) is 12.3. The van der Waals surface area contributed by atoms with Gasteiger partial charge in [-0.3, -0.25) is 4.79 Å². The molecule has 0 spiro atoms. The minimum atomic E-state index is -0.849. The molecular formula is C14H23NO3S. The van der Waals surface area contributed by atoms with Crippen molar-refractivity contribution in [3.63, 3.8) is 0 Å². The Labute approximate surface area is 118 Å². The van der Waals surface area contributed by atoms with Gasteiger partial charge in [-0.15, -0.1) is 11.8 Å². The molecule has 0 aromatic heterocycles. The van der Waals surface area contributed by atoms with E-state index in [9.17, 15) is 14.7 Å². The highest BCUT2D eigenvalue weighted by atomic mass is 32.2. The number of carbonyl (C=O) groups excluding carboxylic acids is 1. The number of rotatable bonds is 7. The smallest absolute Gasteiger partial charge is 0.327 e. The summed E-state index contributed by atoms with van der Waals surface area (Å²) >= 11 is 1.65. The maximum absolute atomic E-state index is 12.3. The summed E-state index contributed by atoms with van der Waals surface area (Å²) in [5.74, 6) is 0.286. The molecule has 19 heavy (non-hydrogen) atoms. The molecule has 1 N–H and O–H groups in total. The molecule has 1 aliphatic heterocycles. The lowest BCUT2D eigenvalue weighted by molar-refractivity contribution is -0.149. The fourth-order valence-corrected chi connectivity index (χ4v) is 4.26. The number of carboxylic acid groups (broad SMARTS) is 1. The van der Waals surface area contributed by atoms with E-state index in [0.717, 1.165) is 38.5 Å². The van der Waals surface area contributed by atoms with E-state index in [-0.39, 0.29) is 11.3 Å². The van der Waals surface area contributed by atoms with Crippen molar-refractivity contribution in [2.24, 2.45) is 5.92 Å². The molecule has 4 nitrogen and oxygen atoms in total. The minimum Gasteiger partial charge on any atom is -0.480 e. The molecule has 0 bridgehead atoms. The van der Waals surface area contributed by atoms with Crippen LogP contribution in [0.2, 0.25) is 0 Å². The largest absolute Gasteiger partial charge is 0.480 e. The van der Waals surface area contributed by atoms with Gasteiger partial charge in [0, 0.05) is 12.2 Å². The van der Waals surface area contributed by atoms with Crippen LogP contribution in [0.1, 0.15) is 51.9 Å². The maximum atomic E-state index is 12.3. The van der Waals surface area contributed by atoms with E-state index in [1.807, 2.05) is 0 Å². The number of aliphatic carboxylic acids is 1. The summed E-state index contributed by atoms with van der Waals surface area (Å²) in [5.41, 5.74) is 0. The first-order valence-corrected chi connectivity index (χ1v) is 8.35. The fraction of sp³-hybridized carbons (Fsp3) is 0.857. The predicted molar refractivity (Wildman–Crippen MR) is 76.0 cm³/mol. The Morgan fingerprint density at radius 1 is 1.26 bits per heavy atom. The SMILES string of the molecule is CCCCCCC(=O)N1C(C(=O)O)CSC1C1CC1. The Kier molecular flexibility index (Phi) is 5.13. The molecule has 0 aromatic rings. The van der Waals surface area contributed by atoms with Crippen LogP contribution in [-0.2, 0) is 9.59 Å². The van der Waals surface area contributed by atoms with Crippen molar-refractivity contribution in [2.45, 2.75) is 63.3 Å². The average molecular weight is 285 g/mol. The van der Waals surface area contributed by atoms with Crippen molar-refractivity contribution in [1.82, 2.24) is 4.90 Å². The summed E-state index contributed by atoms with van der Waals surface area (Å²) in [6.45, 7) is 2.14. The molecule has 2 unspecified atom stereocenters. The van der Waals surface area contributed by atoms with Crippen LogP contribution in [0.25, 0.3) is 0 Å². The van der Waals surface area contributed by atoms with Crippen molar-refractivity contribution in [3.8, 4) is 0 Å². The third-order valence-electron chi connectivity index (χ3n) is 3.88. The van der Waals surface area contributed by atoms with Crippen LogP contribution < -0.4 is 0 Å². The number of amides is 1. The first kappa shape index (κ1) is 14.7. The van der Waals surface area contributed by atoms with Crippen molar-refractivity contribution >= 4 is 23.6 Å². The van der Waals surface area contributed by atoms with Gasteiger partial charge in [0.25, 0.3) is 0 Å². The van der Waals surface area contributed by atoms with Crippen LogP contribution in [-0.4, -0.2) is 39.1 Å². The molecule has 1 saturated heterocycles. The lowest BCUT2D eigenvalue weighted by Gasteiger charge is -2.27. The lowest BCUT2D eigenvalue weighted by atomic mass is 10.1. The minimum absolute atomic E-state index is 0.0467. The number of hydrogen-bond acceptors (Lipinski definition) is 3. The fourth-order valence-electron chi connectivity index (χ4n) is 2.61. The van der Waals surface area contributed by atoms with E-state index in [0.29, 0.717) is 18.1 Å². The summed E-state index contributed by atoms with van der Waals surface area (Å²) in [4.78, 5) is 25.3. The number of hydrogen-bond donors (Lipinski definition) is 1. The van der Waals surface area contributed by atoms with Gasteiger partial charge in [-0.05, 0) is 25.2 Å². The van der Waals surface area contributed by atoms with E-state index in [1.54, 1.807) is 16.7 Å². The predicted octanol–water partition coefficient (Wildman–Crippen LogP) is 2.72. The monoisotopic (exact) mass is 285 g/mol.